The van der Waals surface area contributed by atoms with Crippen molar-refractivity contribution in [3.8, 4) is 17.2 Å². The van der Waals surface area contributed by atoms with Crippen molar-refractivity contribution in [2.75, 3.05) is 32.0 Å². The first-order valence-corrected chi connectivity index (χ1v) is 17.0. The van der Waals surface area contributed by atoms with E-state index in [-0.39, 0.29) is 11.6 Å². The van der Waals surface area contributed by atoms with Gasteiger partial charge in [0.05, 0.1) is 21.3 Å². The van der Waals surface area contributed by atoms with Crippen LogP contribution in [-0.2, 0) is 9.59 Å². The molecule has 1 unspecified atom stereocenters. The minimum atomic E-state index is -0.552. The molecule has 0 spiro atoms. The quantitative estimate of drug-likeness (QED) is 0.0838. The van der Waals surface area contributed by atoms with E-state index in [0.29, 0.717) is 34.1 Å². The summed E-state index contributed by atoms with van der Waals surface area (Å²) in [5.41, 5.74) is 5.12. The van der Waals surface area contributed by atoms with Crippen molar-refractivity contribution in [2.45, 2.75) is 24.0 Å². The Morgan fingerprint density at radius 3 is 1.92 bits per heavy atom. The van der Waals surface area contributed by atoms with E-state index in [1.54, 1.807) is 54.6 Å². The number of carbonyl (C=O) groups excluding carboxylic acids is 3. The summed E-state index contributed by atoms with van der Waals surface area (Å²) < 4.78 is 16.4. The van der Waals surface area contributed by atoms with Crippen molar-refractivity contribution >= 4 is 46.9 Å². The number of methoxy groups -OCH3 is 3. The Morgan fingerprint density at radius 2 is 1.33 bits per heavy atom. The highest BCUT2D eigenvalue weighted by Crippen LogP contribution is 2.39. The molecule has 0 saturated heterocycles. The zero-order chi connectivity index (χ0) is 36.3. The van der Waals surface area contributed by atoms with E-state index in [1.165, 1.54) is 39.2 Å². The molecule has 0 fully saturated rings. The fourth-order valence-corrected chi connectivity index (χ4v) is 6.32. The maximum absolute atomic E-state index is 13.7. The van der Waals surface area contributed by atoms with E-state index in [1.807, 2.05) is 74.5 Å². The predicted octanol–water partition coefficient (Wildman–Crippen LogP) is 8.21. The lowest BCUT2D eigenvalue weighted by molar-refractivity contribution is -0.116. The molecule has 5 aromatic rings. The molecule has 0 aliphatic heterocycles. The van der Waals surface area contributed by atoms with E-state index in [4.69, 9.17) is 14.2 Å². The van der Waals surface area contributed by atoms with Crippen LogP contribution in [0.25, 0.3) is 6.08 Å². The Morgan fingerprint density at radius 1 is 0.706 bits per heavy atom. The van der Waals surface area contributed by atoms with Gasteiger partial charge in [-0.2, -0.15) is 0 Å². The second-order valence-electron chi connectivity index (χ2n) is 11.5. The Kier molecular flexibility index (Phi) is 12.2. The maximum Gasteiger partial charge on any atom is 0.272 e. The molecule has 5 rings (SSSR count). The largest absolute Gasteiger partial charge is 0.493 e. The summed E-state index contributed by atoms with van der Waals surface area (Å²) in [5.74, 6) is 0.0206. The number of nitrogens with one attached hydrogen (secondary N) is 3. The smallest absolute Gasteiger partial charge is 0.272 e. The SMILES string of the molecule is COc1cc(/C=C(\NC(=O)c2ccccc2)C(=O)Nc2ccc(SC(C(=O)Nc3ccc(C)cc3C)c3ccccc3)cc2)cc(OC)c1OC. The highest BCUT2D eigenvalue weighted by atomic mass is 32.2. The average molecular weight is 702 g/mol. The van der Waals surface area contributed by atoms with Gasteiger partial charge in [-0.15, -0.1) is 11.8 Å². The lowest BCUT2D eigenvalue weighted by atomic mass is 10.1. The number of thioether (sulfide) groups is 1. The first kappa shape index (κ1) is 36.3. The van der Waals surface area contributed by atoms with Crippen LogP contribution >= 0.6 is 11.8 Å². The van der Waals surface area contributed by atoms with Gasteiger partial charge in [-0.1, -0.05) is 66.2 Å². The fraction of sp³-hybridized carbons (Fsp3) is 0.146. The number of ether oxygens (including phenoxy) is 3. The molecule has 51 heavy (non-hydrogen) atoms. The van der Waals surface area contributed by atoms with Crippen LogP contribution < -0.4 is 30.2 Å². The summed E-state index contributed by atoms with van der Waals surface area (Å²) >= 11 is 1.40. The van der Waals surface area contributed by atoms with Gasteiger partial charge in [-0.25, -0.2) is 0 Å². The molecule has 9 nitrogen and oxygen atoms in total. The highest BCUT2D eigenvalue weighted by molar-refractivity contribution is 8.00. The molecule has 3 N–H and O–H groups in total. The molecule has 0 saturated carbocycles. The van der Waals surface area contributed by atoms with E-state index >= 15 is 0 Å². The third-order valence-electron chi connectivity index (χ3n) is 7.87. The molecular formula is C41H39N3O6S. The van der Waals surface area contributed by atoms with Crippen LogP contribution in [0.3, 0.4) is 0 Å². The van der Waals surface area contributed by atoms with Gasteiger partial charge in [0.1, 0.15) is 10.9 Å². The summed E-state index contributed by atoms with van der Waals surface area (Å²) in [4.78, 5) is 41.4. The second kappa shape index (κ2) is 17.1. The van der Waals surface area contributed by atoms with E-state index < -0.39 is 17.1 Å². The summed E-state index contributed by atoms with van der Waals surface area (Å²) in [6, 6.07) is 34.6. The number of rotatable bonds is 13. The van der Waals surface area contributed by atoms with E-state index in [2.05, 4.69) is 16.0 Å². The van der Waals surface area contributed by atoms with E-state index in [0.717, 1.165) is 27.3 Å². The van der Waals surface area contributed by atoms with Crippen molar-refractivity contribution in [1.29, 1.82) is 0 Å². The molecule has 0 aliphatic rings. The van der Waals surface area contributed by atoms with Crippen LogP contribution in [0.15, 0.2) is 126 Å². The first-order chi connectivity index (χ1) is 24.7. The summed E-state index contributed by atoms with van der Waals surface area (Å²) in [6.45, 7) is 3.99. The van der Waals surface area contributed by atoms with Gasteiger partial charge in [0.2, 0.25) is 11.7 Å². The van der Waals surface area contributed by atoms with E-state index in [9.17, 15) is 14.4 Å². The highest BCUT2D eigenvalue weighted by Gasteiger charge is 2.23. The topological polar surface area (TPSA) is 115 Å². The van der Waals surface area contributed by atoms with Crippen molar-refractivity contribution in [3.05, 3.63) is 149 Å². The number of carbonyl (C=O) groups is 3. The van der Waals surface area contributed by atoms with Gasteiger partial charge in [0, 0.05) is 21.8 Å². The van der Waals surface area contributed by atoms with Gasteiger partial charge in [0.25, 0.3) is 11.8 Å². The van der Waals surface area contributed by atoms with Crippen LogP contribution in [0.5, 0.6) is 17.2 Å². The summed E-state index contributed by atoms with van der Waals surface area (Å²) in [7, 11) is 4.50. The van der Waals surface area contributed by atoms with Crippen LogP contribution in [0, 0.1) is 13.8 Å². The number of anilines is 2. The average Bonchev–Trinajstić information content (AvgIpc) is 3.15. The minimum absolute atomic E-state index is 0.0104. The lowest BCUT2D eigenvalue weighted by Crippen LogP contribution is -2.30. The Bertz CT molecular complexity index is 2010. The fourth-order valence-electron chi connectivity index (χ4n) is 5.30. The predicted molar refractivity (Wildman–Crippen MR) is 203 cm³/mol. The molecule has 10 heteroatoms. The summed E-state index contributed by atoms with van der Waals surface area (Å²) in [5, 5.41) is 8.19. The molecule has 1 atom stereocenters. The third-order valence-corrected chi connectivity index (χ3v) is 9.14. The Hall–Kier alpha value is -6.00. The van der Waals surface area contributed by atoms with Crippen LogP contribution in [0.2, 0.25) is 0 Å². The molecule has 0 aliphatic carbocycles. The molecule has 0 bridgehead atoms. The molecule has 0 heterocycles. The second-order valence-corrected chi connectivity index (χ2v) is 12.7. The lowest BCUT2D eigenvalue weighted by Gasteiger charge is -2.18. The van der Waals surface area contributed by atoms with Gasteiger partial charge >= 0.3 is 0 Å². The Balaban J connectivity index is 1.38. The molecule has 5 aromatic carbocycles. The van der Waals surface area contributed by atoms with Crippen molar-refractivity contribution in [3.63, 3.8) is 0 Å². The molecule has 0 aromatic heterocycles. The zero-order valence-corrected chi connectivity index (χ0v) is 29.8. The number of hydrogen-bond donors (Lipinski definition) is 3. The van der Waals surface area contributed by atoms with Crippen LogP contribution in [0.4, 0.5) is 11.4 Å². The first-order valence-electron chi connectivity index (χ1n) is 16.1. The maximum atomic E-state index is 13.7. The number of aryl methyl sites for hydroxylation is 2. The van der Waals surface area contributed by atoms with Crippen molar-refractivity contribution < 1.29 is 28.6 Å². The van der Waals surface area contributed by atoms with Gasteiger partial charge in [-0.3, -0.25) is 14.4 Å². The Labute approximate surface area is 302 Å². The van der Waals surface area contributed by atoms with Crippen molar-refractivity contribution in [2.24, 2.45) is 0 Å². The van der Waals surface area contributed by atoms with Gasteiger partial charge in [-0.05, 0) is 91.2 Å². The molecular weight excluding hydrogens is 663 g/mol. The zero-order valence-electron chi connectivity index (χ0n) is 29.0. The number of hydrogen-bond acceptors (Lipinski definition) is 7. The molecule has 260 valence electrons. The molecule has 0 radical (unpaired) electrons. The minimum Gasteiger partial charge on any atom is -0.493 e. The van der Waals surface area contributed by atoms with Crippen LogP contribution in [0.1, 0.15) is 37.9 Å². The number of benzene rings is 5. The molecule has 3 amide bonds. The monoisotopic (exact) mass is 701 g/mol. The van der Waals surface area contributed by atoms with Gasteiger partial charge < -0.3 is 30.2 Å². The number of amides is 3. The normalized spacial score (nSPS) is 11.6. The standard InChI is InChI=1S/C41H39N3O6S/c1-26-16-21-33(27(2)22-26)43-41(47)38(29-12-8-6-9-13-29)51-32-19-17-31(18-20-32)42-40(46)34(44-39(45)30-14-10-7-11-15-30)23-28-24-35(48-3)37(50-5)36(25-28)49-4/h6-25,38H,1-5H3,(H,42,46)(H,43,47)(H,44,45)/b34-23-. The van der Waals surface area contributed by atoms with Crippen molar-refractivity contribution in [1.82, 2.24) is 5.32 Å². The summed E-state index contributed by atoms with van der Waals surface area (Å²) in [6.07, 6.45) is 1.53. The van der Waals surface area contributed by atoms with Gasteiger partial charge in [0.15, 0.2) is 11.5 Å². The third kappa shape index (κ3) is 9.37. The van der Waals surface area contributed by atoms with Crippen LogP contribution in [-0.4, -0.2) is 39.1 Å².